The van der Waals surface area contributed by atoms with E-state index >= 15 is 0 Å². The maximum absolute atomic E-state index is 12.8. The Bertz CT molecular complexity index is 1590. The quantitative estimate of drug-likeness (QED) is 0.417. The minimum Gasteiger partial charge on any atom is -0.374 e. The van der Waals surface area contributed by atoms with Crippen LogP contribution in [0.25, 0.3) is 22.0 Å². The average molecular weight is 471 g/mol. The summed E-state index contributed by atoms with van der Waals surface area (Å²) in [7, 11) is 3.59. The van der Waals surface area contributed by atoms with Crippen LogP contribution in [0.15, 0.2) is 84.2 Å². The van der Waals surface area contributed by atoms with Crippen molar-refractivity contribution in [3.05, 3.63) is 117 Å². The number of hydrogen-bond acceptors (Lipinski definition) is 4. The molecule has 1 N–H and O–H groups in total. The third-order valence-electron chi connectivity index (χ3n) is 6.32. The summed E-state index contributed by atoms with van der Waals surface area (Å²) < 4.78 is 3.41. The number of fused-ring (bicyclic) bond motifs is 1. The second-order valence-electron chi connectivity index (χ2n) is 8.48. The second-order valence-corrected chi connectivity index (χ2v) is 8.92. The number of aryl methyl sites for hydroxylation is 3. The van der Waals surface area contributed by atoms with Crippen LogP contribution in [-0.2, 0) is 19.7 Å². The van der Waals surface area contributed by atoms with Gasteiger partial charge in [-0.25, -0.2) is 4.98 Å². The van der Waals surface area contributed by atoms with Crippen molar-refractivity contribution in [2.45, 2.75) is 12.5 Å². The molecule has 0 aliphatic rings. The molecular weight excluding hydrogens is 448 g/mol. The fourth-order valence-electron chi connectivity index (χ4n) is 4.50. The number of halogens is 1. The van der Waals surface area contributed by atoms with Gasteiger partial charge >= 0.3 is 0 Å². The van der Waals surface area contributed by atoms with Crippen molar-refractivity contribution in [2.75, 3.05) is 0 Å². The normalized spacial score (nSPS) is 13.2. The predicted molar refractivity (Wildman–Crippen MR) is 134 cm³/mol. The van der Waals surface area contributed by atoms with Gasteiger partial charge in [-0.05, 0) is 65.6 Å². The van der Waals surface area contributed by atoms with Gasteiger partial charge in [0.1, 0.15) is 0 Å². The summed E-state index contributed by atoms with van der Waals surface area (Å²) in [5, 5.41) is 13.7. The van der Waals surface area contributed by atoms with Crippen molar-refractivity contribution in [2.24, 2.45) is 14.1 Å². The van der Waals surface area contributed by atoms with Crippen LogP contribution in [-0.4, -0.2) is 24.2 Å². The van der Waals surface area contributed by atoms with Crippen LogP contribution in [0.1, 0.15) is 22.5 Å². The maximum atomic E-state index is 12.8. The molecule has 0 saturated heterocycles. The van der Waals surface area contributed by atoms with Crippen molar-refractivity contribution >= 4 is 22.5 Å². The molecule has 3 heterocycles. The molecule has 0 radical (unpaired) electrons. The molecule has 170 valence electrons. The summed E-state index contributed by atoms with van der Waals surface area (Å²) >= 11 is 6.14. The van der Waals surface area contributed by atoms with Crippen molar-refractivity contribution in [3.63, 3.8) is 0 Å². The Morgan fingerprint density at radius 1 is 0.971 bits per heavy atom. The smallest absolute Gasteiger partial charge is 0.251 e. The van der Waals surface area contributed by atoms with Gasteiger partial charge in [-0.3, -0.25) is 9.78 Å². The van der Waals surface area contributed by atoms with Gasteiger partial charge in [-0.2, -0.15) is 0 Å². The maximum Gasteiger partial charge on any atom is 0.251 e. The largest absolute Gasteiger partial charge is 0.374 e. The number of aromatic nitrogens is 4. The Labute approximate surface area is 201 Å². The monoisotopic (exact) mass is 470 g/mol. The molecule has 5 aromatic rings. The van der Waals surface area contributed by atoms with Gasteiger partial charge in [0.15, 0.2) is 5.60 Å². The lowest BCUT2D eigenvalue weighted by molar-refractivity contribution is 0.117. The van der Waals surface area contributed by atoms with E-state index in [4.69, 9.17) is 11.6 Å². The number of aliphatic hydroxyl groups is 1. The Morgan fingerprint density at radius 2 is 1.71 bits per heavy atom. The first kappa shape index (κ1) is 22.1. The number of nitrogens with zero attached hydrogens (tertiary/aromatic N) is 4. The van der Waals surface area contributed by atoms with Crippen LogP contribution >= 0.6 is 11.6 Å². The van der Waals surface area contributed by atoms with Crippen LogP contribution in [0.2, 0.25) is 5.02 Å². The van der Waals surface area contributed by atoms with Gasteiger partial charge in [0.2, 0.25) is 0 Å². The van der Waals surface area contributed by atoms with E-state index < -0.39 is 5.60 Å². The lowest BCUT2D eigenvalue weighted by Crippen LogP contribution is -2.31. The van der Waals surface area contributed by atoms with Gasteiger partial charge in [0.05, 0.1) is 23.7 Å². The van der Waals surface area contributed by atoms with Crippen LogP contribution in [0, 0.1) is 6.92 Å². The van der Waals surface area contributed by atoms with E-state index in [1.54, 1.807) is 53.1 Å². The topological polar surface area (TPSA) is 72.9 Å². The number of hydrogen-bond donors (Lipinski definition) is 1. The van der Waals surface area contributed by atoms with Crippen LogP contribution in [0.4, 0.5) is 0 Å². The highest BCUT2D eigenvalue weighted by Crippen LogP contribution is 2.39. The highest BCUT2D eigenvalue weighted by Gasteiger charge is 2.37. The summed E-state index contributed by atoms with van der Waals surface area (Å²) in [5.74, 6) is 0. The first-order valence-corrected chi connectivity index (χ1v) is 11.2. The lowest BCUT2D eigenvalue weighted by Gasteiger charge is -2.30. The van der Waals surface area contributed by atoms with E-state index in [1.165, 1.54) is 0 Å². The van der Waals surface area contributed by atoms with Crippen molar-refractivity contribution < 1.29 is 5.11 Å². The van der Waals surface area contributed by atoms with Crippen molar-refractivity contribution in [3.8, 4) is 11.1 Å². The molecular formula is C27H23ClN4O2. The molecule has 34 heavy (non-hydrogen) atoms. The molecule has 0 saturated carbocycles. The number of imidazole rings is 1. The van der Waals surface area contributed by atoms with Crippen LogP contribution in [0.5, 0.6) is 0 Å². The van der Waals surface area contributed by atoms with Crippen LogP contribution < -0.4 is 5.56 Å². The van der Waals surface area contributed by atoms with E-state index in [0.717, 1.165) is 27.7 Å². The first-order valence-electron chi connectivity index (χ1n) is 10.8. The SMILES string of the molecule is Cc1cc(-c2cc(=O)n(C)c3ccc([C@](O)(c4ccc(Cl)cc4)c4cncn4C)cc23)ccn1. The molecule has 5 rings (SSSR count). The Morgan fingerprint density at radius 3 is 2.38 bits per heavy atom. The van der Waals surface area contributed by atoms with E-state index in [0.29, 0.717) is 21.8 Å². The van der Waals surface area contributed by atoms with Gasteiger partial charge in [0.25, 0.3) is 5.56 Å². The highest BCUT2D eigenvalue weighted by molar-refractivity contribution is 6.30. The first-order chi connectivity index (χ1) is 16.3. The molecule has 0 bridgehead atoms. The molecule has 1 atom stereocenters. The summed E-state index contributed by atoms with van der Waals surface area (Å²) in [6.07, 6.45) is 5.05. The fourth-order valence-corrected chi connectivity index (χ4v) is 4.62. The molecule has 3 aromatic heterocycles. The molecule has 7 heteroatoms. The van der Waals surface area contributed by atoms with E-state index in [9.17, 15) is 9.90 Å². The molecule has 0 aliphatic carbocycles. The zero-order valence-corrected chi connectivity index (χ0v) is 19.8. The van der Waals surface area contributed by atoms with E-state index in [1.807, 2.05) is 56.4 Å². The van der Waals surface area contributed by atoms with Gasteiger partial charge < -0.3 is 14.2 Å². The van der Waals surface area contributed by atoms with Gasteiger partial charge in [-0.1, -0.05) is 29.8 Å². The fraction of sp³-hybridized carbons (Fsp3) is 0.148. The van der Waals surface area contributed by atoms with Gasteiger partial charge in [0, 0.05) is 42.5 Å². The number of rotatable bonds is 4. The number of pyridine rings is 2. The molecule has 2 aromatic carbocycles. The summed E-state index contributed by atoms with van der Waals surface area (Å²) in [6.45, 7) is 1.92. The van der Waals surface area contributed by atoms with Crippen LogP contribution in [0.3, 0.4) is 0 Å². The zero-order chi connectivity index (χ0) is 24.0. The molecule has 6 nitrogen and oxygen atoms in total. The standard InChI is InChI=1S/C27H23ClN4O2/c1-17-12-18(10-11-30-17)22-14-26(33)32(3)24-9-6-20(13-23(22)24)27(34,25-15-29-16-31(25)2)19-4-7-21(28)8-5-19/h4-16,34H,1-3H3/t27-/m1/s1. The highest BCUT2D eigenvalue weighted by atomic mass is 35.5. The Hall–Kier alpha value is -3.74. The van der Waals surface area contributed by atoms with Crippen molar-refractivity contribution in [1.29, 1.82) is 0 Å². The minimum absolute atomic E-state index is 0.107. The number of benzene rings is 2. The minimum atomic E-state index is -1.50. The third-order valence-corrected chi connectivity index (χ3v) is 6.57. The van der Waals surface area contributed by atoms with Gasteiger partial charge in [-0.15, -0.1) is 0 Å². The summed E-state index contributed by atoms with van der Waals surface area (Å²) in [5.41, 5.74) is 3.62. The summed E-state index contributed by atoms with van der Waals surface area (Å²) in [6, 6.07) is 18.3. The lowest BCUT2D eigenvalue weighted by atomic mass is 9.82. The molecule has 0 fully saturated rings. The molecule has 0 amide bonds. The average Bonchev–Trinajstić information content (AvgIpc) is 3.27. The molecule has 0 spiro atoms. The van der Waals surface area contributed by atoms with E-state index in [-0.39, 0.29) is 5.56 Å². The van der Waals surface area contributed by atoms with Crippen molar-refractivity contribution in [1.82, 2.24) is 19.1 Å². The molecule has 0 aliphatic heterocycles. The Balaban J connectivity index is 1.84. The third kappa shape index (κ3) is 3.52. The predicted octanol–water partition coefficient (Wildman–Crippen LogP) is 4.58. The summed E-state index contributed by atoms with van der Waals surface area (Å²) in [4.78, 5) is 21.3. The van der Waals surface area contributed by atoms with E-state index in [2.05, 4.69) is 9.97 Å². The molecule has 0 unspecified atom stereocenters. The zero-order valence-electron chi connectivity index (χ0n) is 19.0. The second kappa shape index (κ2) is 8.24. The Kier molecular flexibility index (Phi) is 5.35.